The lowest BCUT2D eigenvalue weighted by molar-refractivity contribution is -0.127. The Labute approximate surface area is 165 Å². The summed E-state index contributed by atoms with van der Waals surface area (Å²) in [6, 6.07) is 5.35. The number of urea groups is 1. The first-order valence-corrected chi connectivity index (χ1v) is 9.81. The molecule has 1 spiro atoms. The third-order valence-electron chi connectivity index (χ3n) is 5.30. The van der Waals surface area contributed by atoms with Crippen LogP contribution in [-0.2, 0) is 16.8 Å². The van der Waals surface area contributed by atoms with E-state index in [4.69, 9.17) is 11.6 Å². The van der Waals surface area contributed by atoms with Crippen molar-refractivity contribution in [1.82, 2.24) is 9.88 Å². The summed E-state index contributed by atoms with van der Waals surface area (Å²) in [4.78, 5) is 32.3. The molecule has 27 heavy (non-hydrogen) atoms. The van der Waals surface area contributed by atoms with Gasteiger partial charge in [-0.05, 0) is 23.6 Å². The molecule has 4 rings (SSSR count). The van der Waals surface area contributed by atoms with Gasteiger partial charge in [0.05, 0.1) is 12.8 Å². The molecule has 9 heteroatoms. The van der Waals surface area contributed by atoms with E-state index in [1.54, 1.807) is 11.8 Å². The van der Waals surface area contributed by atoms with Crippen LogP contribution in [0.4, 0.5) is 15.6 Å². The molecular formula is C18H19ClN4O3S. The number of amides is 3. The zero-order chi connectivity index (χ0) is 19.2. The van der Waals surface area contributed by atoms with Crippen LogP contribution in [0.2, 0.25) is 4.34 Å². The zero-order valence-corrected chi connectivity index (χ0v) is 16.3. The van der Waals surface area contributed by atoms with Gasteiger partial charge in [0, 0.05) is 37.7 Å². The number of aliphatic hydroxyl groups excluding tert-OH is 1. The quantitative estimate of drug-likeness (QED) is 0.803. The number of likely N-dealkylation sites (tertiary alicyclic amines) is 1. The molecule has 7 nitrogen and oxygen atoms in total. The first-order valence-electron chi connectivity index (χ1n) is 8.61. The van der Waals surface area contributed by atoms with Crippen LogP contribution in [0.3, 0.4) is 0 Å². The van der Waals surface area contributed by atoms with Crippen molar-refractivity contribution in [2.75, 3.05) is 29.9 Å². The molecule has 2 aliphatic heterocycles. The molecule has 0 radical (unpaired) electrons. The fourth-order valence-corrected chi connectivity index (χ4v) is 4.76. The van der Waals surface area contributed by atoms with E-state index >= 15 is 0 Å². The third-order valence-corrected chi connectivity index (χ3v) is 6.33. The minimum atomic E-state index is -0.315. The molecule has 1 aromatic carbocycles. The summed E-state index contributed by atoms with van der Waals surface area (Å²) in [7, 11) is 0. The second-order valence-electron chi connectivity index (χ2n) is 6.97. The number of aromatic nitrogens is 1. The fraction of sp³-hybridized carbons (Fsp3) is 0.389. The van der Waals surface area contributed by atoms with E-state index < -0.39 is 0 Å². The predicted molar refractivity (Wildman–Crippen MR) is 104 cm³/mol. The van der Waals surface area contributed by atoms with Gasteiger partial charge in [-0.2, -0.15) is 0 Å². The molecule has 3 amide bonds. The maximum atomic E-state index is 12.9. The molecule has 1 aromatic heterocycles. The molecule has 1 fully saturated rings. The van der Waals surface area contributed by atoms with Crippen molar-refractivity contribution in [3.8, 4) is 0 Å². The Morgan fingerprint density at radius 1 is 1.41 bits per heavy atom. The fourth-order valence-electron chi connectivity index (χ4n) is 3.96. The number of benzene rings is 1. The molecule has 2 aromatic rings. The number of halogens is 1. The van der Waals surface area contributed by atoms with Crippen molar-refractivity contribution < 1.29 is 14.7 Å². The SMILES string of the molecule is CC(=O)N1CCC2(C1)CN(C(=O)Nc1ncc(Cl)s1)c1ccc(CO)cc12. The van der Waals surface area contributed by atoms with Crippen LogP contribution in [0.25, 0.3) is 0 Å². The number of hydrogen-bond donors (Lipinski definition) is 2. The zero-order valence-electron chi connectivity index (χ0n) is 14.7. The summed E-state index contributed by atoms with van der Waals surface area (Å²) in [6.07, 6.45) is 2.28. The second-order valence-corrected chi connectivity index (χ2v) is 8.63. The molecule has 142 valence electrons. The highest BCUT2D eigenvalue weighted by Gasteiger charge is 2.49. The Bertz CT molecular complexity index is 918. The molecule has 3 heterocycles. The predicted octanol–water partition coefficient (Wildman–Crippen LogP) is 2.83. The number of thiazole rings is 1. The van der Waals surface area contributed by atoms with Crippen molar-refractivity contribution in [1.29, 1.82) is 0 Å². The largest absolute Gasteiger partial charge is 0.392 e. The topological polar surface area (TPSA) is 85.8 Å². The van der Waals surface area contributed by atoms with E-state index in [1.165, 1.54) is 17.5 Å². The highest BCUT2D eigenvalue weighted by atomic mass is 35.5. The number of fused-ring (bicyclic) bond motifs is 2. The Hall–Kier alpha value is -2.16. The molecule has 1 saturated heterocycles. The lowest BCUT2D eigenvalue weighted by Gasteiger charge is -2.25. The summed E-state index contributed by atoms with van der Waals surface area (Å²) in [5, 5.41) is 12.8. The Morgan fingerprint density at radius 3 is 2.85 bits per heavy atom. The summed E-state index contributed by atoms with van der Waals surface area (Å²) in [5.41, 5.74) is 2.29. The van der Waals surface area contributed by atoms with E-state index in [0.717, 1.165) is 23.2 Å². The Balaban J connectivity index is 1.67. The first kappa shape index (κ1) is 18.2. The number of carbonyl (C=O) groups is 2. The van der Waals surface area contributed by atoms with E-state index in [2.05, 4.69) is 10.3 Å². The number of carbonyl (C=O) groups excluding carboxylic acids is 2. The number of nitrogens with one attached hydrogen (secondary N) is 1. The number of rotatable bonds is 2. The number of aliphatic hydroxyl groups is 1. The van der Waals surface area contributed by atoms with Gasteiger partial charge in [-0.1, -0.05) is 35.1 Å². The van der Waals surface area contributed by atoms with Crippen molar-refractivity contribution >= 4 is 45.7 Å². The molecule has 0 saturated carbocycles. The molecular weight excluding hydrogens is 388 g/mol. The van der Waals surface area contributed by atoms with E-state index in [-0.39, 0.29) is 24.0 Å². The van der Waals surface area contributed by atoms with Crippen LogP contribution >= 0.6 is 22.9 Å². The maximum absolute atomic E-state index is 12.9. The van der Waals surface area contributed by atoms with Crippen LogP contribution in [0.15, 0.2) is 24.4 Å². The van der Waals surface area contributed by atoms with Crippen molar-refractivity contribution in [3.63, 3.8) is 0 Å². The molecule has 0 aliphatic carbocycles. The number of hydrogen-bond acceptors (Lipinski definition) is 5. The highest BCUT2D eigenvalue weighted by molar-refractivity contribution is 7.19. The minimum Gasteiger partial charge on any atom is -0.392 e. The van der Waals surface area contributed by atoms with Gasteiger partial charge in [-0.3, -0.25) is 15.0 Å². The van der Waals surface area contributed by atoms with Gasteiger partial charge < -0.3 is 10.0 Å². The standard InChI is InChI=1S/C18H19ClN4O3S/c1-11(25)22-5-4-18(9-22)10-23(14-3-2-12(8-24)6-13(14)18)17(26)21-16-20-7-15(19)27-16/h2-3,6-7,24H,4-5,8-10H2,1H3,(H,20,21,26). The summed E-state index contributed by atoms with van der Waals surface area (Å²) < 4.78 is 0.504. The maximum Gasteiger partial charge on any atom is 0.328 e. The summed E-state index contributed by atoms with van der Waals surface area (Å²) >= 11 is 7.09. The van der Waals surface area contributed by atoms with E-state index in [1.807, 2.05) is 23.1 Å². The van der Waals surface area contributed by atoms with Gasteiger partial charge in [0.2, 0.25) is 5.91 Å². The molecule has 1 unspecified atom stereocenters. The lowest BCUT2D eigenvalue weighted by atomic mass is 9.81. The first-order chi connectivity index (χ1) is 12.9. The minimum absolute atomic E-state index is 0.0343. The van der Waals surface area contributed by atoms with Gasteiger partial charge in [0.1, 0.15) is 4.34 Å². The van der Waals surface area contributed by atoms with Gasteiger partial charge in [0.15, 0.2) is 5.13 Å². The summed E-state index contributed by atoms with van der Waals surface area (Å²) in [5.74, 6) is 0.0343. The van der Waals surface area contributed by atoms with Crippen LogP contribution in [-0.4, -0.2) is 46.6 Å². The highest BCUT2D eigenvalue weighted by Crippen LogP contribution is 2.47. The van der Waals surface area contributed by atoms with Crippen LogP contribution in [0, 0.1) is 0 Å². The molecule has 0 bridgehead atoms. The molecule has 1 atom stereocenters. The van der Waals surface area contributed by atoms with Gasteiger partial charge in [-0.15, -0.1) is 0 Å². The summed E-state index contributed by atoms with van der Waals surface area (Å²) in [6.45, 7) is 3.21. The molecule has 2 aliphatic rings. The van der Waals surface area contributed by atoms with Gasteiger partial charge >= 0.3 is 6.03 Å². The van der Waals surface area contributed by atoms with Crippen molar-refractivity contribution in [2.24, 2.45) is 0 Å². The van der Waals surface area contributed by atoms with Gasteiger partial charge in [0.25, 0.3) is 0 Å². The molecule has 2 N–H and O–H groups in total. The van der Waals surface area contributed by atoms with E-state index in [0.29, 0.717) is 29.1 Å². The Morgan fingerprint density at radius 2 is 2.22 bits per heavy atom. The number of nitrogens with zero attached hydrogens (tertiary/aromatic N) is 3. The van der Waals surface area contributed by atoms with Crippen molar-refractivity contribution in [2.45, 2.75) is 25.4 Å². The monoisotopic (exact) mass is 406 g/mol. The van der Waals surface area contributed by atoms with Crippen molar-refractivity contribution in [3.05, 3.63) is 39.9 Å². The second kappa shape index (κ2) is 6.78. The van der Waals surface area contributed by atoms with Gasteiger partial charge in [-0.25, -0.2) is 9.78 Å². The lowest BCUT2D eigenvalue weighted by Crippen LogP contribution is -2.41. The Kier molecular flexibility index (Phi) is 4.57. The van der Waals surface area contributed by atoms with Crippen LogP contribution in [0.5, 0.6) is 0 Å². The smallest absolute Gasteiger partial charge is 0.328 e. The third kappa shape index (κ3) is 3.18. The average Bonchev–Trinajstić information content (AvgIpc) is 3.34. The van der Waals surface area contributed by atoms with Crippen LogP contribution < -0.4 is 10.2 Å². The normalized spacial score (nSPS) is 21.0. The van der Waals surface area contributed by atoms with Crippen LogP contribution in [0.1, 0.15) is 24.5 Å². The van der Waals surface area contributed by atoms with E-state index in [9.17, 15) is 14.7 Å². The number of anilines is 2. The average molecular weight is 407 g/mol.